The minimum absolute atomic E-state index is 0.313. The van der Waals surface area contributed by atoms with Crippen LogP contribution in [-0.4, -0.2) is 37.5 Å². The van der Waals surface area contributed by atoms with Gasteiger partial charge in [0.05, 0.1) is 0 Å². The number of carbonyl (C=O) groups is 1. The largest absolute Gasteiger partial charge is 0.342 e. The Morgan fingerprint density at radius 2 is 2.29 bits per heavy atom. The molecule has 0 aromatic rings. The zero-order chi connectivity index (χ0) is 10.4. The van der Waals surface area contributed by atoms with Gasteiger partial charge in [-0.3, -0.25) is 4.79 Å². The molecule has 1 heterocycles. The van der Waals surface area contributed by atoms with Gasteiger partial charge >= 0.3 is 0 Å². The molecule has 82 valence electrons. The van der Waals surface area contributed by atoms with Crippen molar-refractivity contribution in [2.24, 2.45) is 5.92 Å². The summed E-state index contributed by atoms with van der Waals surface area (Å²) < 4.78 is 0. The number of rotatable bonds is 3. The predicted octanol–water partition coefficient (Wildman–Crippen LogP) is 1.24. The number of likely N-dealkylation sites (tertiary alicyclic amines) is 1. The molecule has 1 atom stereocenters. The lowest BCUT2D eigenvalue weighted by molar-refractivity contribution is -0.131. The van der Waals surface area contributed by atoms with Crippen LogP contribution in [0, 0.1) is 5.92 Å². The fraction of sp³-hybridized carbons (Fsp3) is 0.909. The Labute approximate surface area is 86.9 Å². The van der Waals surface area contributed by atoms with Gasteiger partial charge in [-0.1, -0.05) is 13.3 Å². The lowest BCUT2D eigenvalue weighted by Crippen LogP contribution is -2.36. The van der Waals surface area contributed by atoms with Crippen molar-refractivity contribution in [1.82, 2.24) is 10.2 Å². The first-order chi connectivity index (χ1) is 6.77. The number of carbonyl (C=O) groups excluding carboxylic acids is 1. The summed E-state index contributed by atoms with van der Waals surface area (Å²) in [7, 11) is 1.98. The molecule has 1 N–H and O–H groups in total. The summed E-state index contributed by atoms with van der Waals surface area (Å²) in [6.45, 7) is 4.90. The van der Waals surface area contributed by atoms with Crippen molar-refractivity contribution in [2.75, 3.05) is 26.7 Å². The molecule has 1 saturated heterocycles. The normalized spacial score (nSPS) is 23.3. The van der Waals surface area contributed by atoms with Crippen molar-refractivity contribution < 1.29 is 4.79 Å². The highest BCUT2D eigenvalue weighted by atomic mass is 16.2. The molecule has 1 aliphatic rings. The standard InChI is InChI=1S/C11H22N2O/c1-3-11(14)13-7-5-4-6-10(9-13)8-12-2/h10,12H,3-9H2,1-2H3/t10-/m1/s1. The molecule has 0 radical (unpaired) electrons. The maximum atomic E-state index is 11.6. The summed E-state index contributed by atoms with van der Waals surface area (Å²) >= 11 is 0. The third-order valence-electron chi connectivity index (χ3n) is 2.92. The molecular formula is C11H22N2O. The molecule has 1 aliphatic heterocycles. The molecule has 3 nitrogen and oxygen atoms in total. The van der Waals surface area contributed by atoms with Crippen LogP contribution in [0.3, 0.4) is 0 Å². The minimum Gasteiger partial charge on any atom is -0.342 e. The highest BCUT2D eigenvalue weighted by Gasteiger charge is 2.20. The van der Waals surface area contributed by atoms with E-state index in [0.717, 1.165) is 19.6 Å². The van der Waals surface area contributed by atoms with Crippen molar-refractivity contribution in [3.63, 3.8) is 0 Å². The van der Waals surface area contributed by atoms with E-state index in [9.17, 15) is 4.79 Å². The zero-order valence-corrected chi connectivity index (χ0v) is 9.38. The highest BCUT2D eigenvalue weighted by molar-refractivity contribution is 5.75. The molecular weight excluding hydrogens is 176 g/mol. The van der Waals surface area contributed by atoms with E-state index in [1.54, 1.807) is 0 Å². The van der Waals surface area contributed by atoms with Gasteiger partial charge in [0.1, 0.15) is 0 Å². The van der Waals surface area contributed by atoms with Crippen LogP contribution >= 0.6 is 0 Å². The Hall–Kier alpha value is -0.570. The SMILES string of the molecule is CCC(=O)N1CCCC[C@H](CNC)C1. The average molecular weight is 198 g/mol. The van der Waals surface area contributed by atoms with E-state index in [1.165, 1.54) is 19.3 Å². The lowest BCUT2D eigenvalue weighted by Gasteiger charge is -2.23. The predicted molar refractivity (Wildman–Crippen MR) is 58.1 cm³/mol. The van der Waals surface area contributed by atoms with E-state index in [0.29, 0.717) is 18.2 Å². The third-order valence-corrected chi connectivity index (χ3v) is 2.92. The molecule has 0 spiro atoms. The number of amides is 1. The molecule has 0 bridgehead atoms. The molecule has 1 amide bonds. The summed E-state index contributed by atoms with van der Waals surface area (Å²) in [5.74, 6) is 0.964. The van der Waals surface area contributed by atoms with Crippen LogP contribution < -0.4 is 5.32 Å². The Morgan fingerprint density at radius 3 is 2.93 bits per heavy atom. The van der Waals surface area contributed by atoms with Gasteiger partial charge in [-0.15, -0.1) is 0 Å². The monoisotopic (exact) mass is 198 g/mol. The topological polar surface area (TPSA) is 32.3 Å². The van der Waals surface area contributed by atoms with Crippen LogP contribution in [0.1, 0.15) is 32.6 Å². The van der Waals surface area contributed by atoms with E-state index in [2.05, 4.69) is 5.32 Å². The van der Waals surface area contributed by atoms with Crippen molar-refractivity contribution in [3.05, 3.63) is 0 Å². The summed E-state index contributed by atoms with van der Waals surface area (Å²) in [6, 6.07) is 0. The van der Waals surface area contributed by atoms with Crippen molar-refractivity contribution in [1.29, 1.82) is 0 Å². The fourth-order valence-corrected chi connectivity index (χ4v) is 2.14. The van der Waals surface area contributed by atoms with Gasteiger partial charge in [-0.2, -0.15) is 0 Å². The lowest BCUT2D eigenvalue weighted by atomic mass is 10.0. The van der Waals surface area contributed by atoms with Crippen molar-refractivity contribution in [2.45, 2.75) is 32.6 Å². The third kappa shape index (κ3) is 3.29. The van der Waals surface area contributed by atoms with Crippen LogP contribution in [0.2, 0.25) is 0 Å². The quantitative estimate of drug-likeness (QED) is 0.740. The first kappa shape index (κ1) is 11.5. The molecule has 1 rings (SSSR count). The second-order valence-corrected chi connectivity index (χ2v) is 4.11. The number of nitrogens with one attached hydrogen (secondary N) is 1. The Bertz CT molecular complexity index is 182. The van der Waals surface area contributed by atoms with E-state index in [4.69, 9.17) is 0 Å². The fourth-order valence-electron chi connectivity index (χ4n) is 2.14. The molecule has 1 fully saturated rings. The van der Waals surface area contributed by atoms with E-state index in [-0.39, 0.29) is 0 Å². The number of nitrogens with zero attached hydrogens (tertiary/aromatic N) is 1. The van der Waals surface area contributed by atoms with Gasteiger partial charge in [0, 0.05) is 19.5 Å². The van der Waals surface area contributed by atoms with Crippen LogP contribution in [0.15, 0.2) is 0 Å². The maximum Gasteiger partial charge on any atom is 0.222 e. The second-order valence-electron chi connectivity index (χ2n) is 4.11. The van der Waals surface area contributed by atoms with Gasteiger partial charge in [-0.05, 0) is 32.4 Å². The van der Waals surface area contributed by atoms with Gasteiger partial charge in [0.2, 0.25) is 5.91 Å². The number of hydrogen-bond donors (Lipinski definition) is 1. The Kier molecular flexibility index (Phi) is 4.94. The average Bonchev–Trinajstić information content (AvgIpc) is 2.43. The Balaban J connectivity index is 2.46. The first-order valence-electron chi connectivity index (χ1n) is 5.70. The van der Waals surface area contributed by atoms with E-state index < -0.39 is 0 Å². The maximum absolute atomic E-state index is 11.6. The summed E-state index contributed by atoms with van der Waals surface area (Å²) in [5.41, 5.74) is 0. The number of hydrogen-bond acceptors (Lipinski definition) is 2. The molecule has 0 saturated carbocycles. The minimum atomic E-state index is 0.313. The van der Waals surface area contributed by atoms with Gasteiger partial charge in [0.15, 0.2) is 0 Å². The van der Waals surface area contributed by atoms with Crippen molar-refractivity contribution in [3.8, 4) is 0 Å². The van der Waals surface area contributed by atoms with E-state index in [1.807, 2.05) is 18.9 Å². The summed E-state index contributed by atoms with van der Waals surface area (Å²) in [5, 5.41) is 3.20. The molecule has 0 aromatic carbocycles. The van der Waals surface area contributed by atoms with Gasteiger partial charge in [-0.25, -0.2) is 0 Å². The first-order valence-corrected chi connectivity index (χ1v) is 5.70. The zero-order valence-electron chi connectivity index (χ0n) is 9.38. The van der Waals surface area contributed by atoms with Gasteiger partial charge < -0.3 is 10.2 Å². The van der Waals surface area contributed by atoms with Crippen LogP contribution in [-0.2, 0) is 4.79 Å². The van der Waals surface area contributed by atoms with Crippen LogP contribution in [0.4, 0.5) is 0 Å². The van der Waals surface area contributed by atoms with Crippen molar-refractivity contribution >= 4 is 5.91 Å². The molecule has 14 heavy (non-hydrogen) atoms. The Morgan fingerprint density at radius 1 is 1.50 bits per heavy atom. The van der Waals surface area contributed by atoms with Crippen LogP contribution in [0.5, 0.6) is 0 Å². The molecule has 0 unspecified atom stereocenters. The van der Waals surface area contributed by atoms with Crippen LogP contribution in [0.25, 0.3) is 0 Å². The highest BCUT2D eigenvalue weighted by Crippen LogP contribution is 2.16. The van der Waals surface area contributed by atoms with Gasteiger partial charge in [0.25, 0.3) is 0 Å². The molecule has 3 heteroatoms. The smallest absolute Gasteiger partial charge is 0.222 e. The summed E-state index contributed by atoms with van der Waals surface area (Å²) in [4.78, 5) is 13.6. The second kappa shape index (κ2) is 6.02. The van der Waals surface area contributed by atoms with E-state index >= 15 is 0 Å². The molecule has 0 aromatic heterocycles. The summed E-state index contributed by atoms with van der Waals surface area (Å²) in [6.07, 6.45) is 4.34. The molecule has 0 aliphatic carbocycles.